The van der Waals surface area contributed by atoms with E-state index in [0.717, 1.165) is 0 Å². The minimum absolute atomic E-state index is 0.0120. The van der Waals surface area contributed by atoms with E-state index in [1.165, 1.54) is 0 Å². The van der Waals surface area contributed by atoms with E-state index in [2.05, 4.69) is 0 Å². The molecule has 0 aromatic heterocycles. The largest absolute Gasteiger partial charge is 0.459 e. The number of carbonyl (C=O) groups is 4. The summed E-state index contributed by atoms with van der Waals surface area (Å²) in [6.07, 6.45) is -5.25. The maximum atomic E-state index is 13.6. The predicted octanol–water partition coefficient (Wildman–Crippen LogP) is 5.42. The molecule has 1 fully saturated rings. The van der Waals surface area contributed by atoms with Crippen LogP contribution in [0.3, 0.4) is 0 Å². The summed E-state index contributed by atoms with van der Waals surface area (Å²) in [5.41, 5.74) is 0.869. The van der Waals surface area contributed by atoms with Crippen LogP contribution in [0.15, 0.2) is 121 Å². The molecule has 5 rings (SSSR count). The molecule has 2 unspecified atom stereocenters. The molecule has 1 N–H and O–H groups in total. The van der Waals surface area contributed by atoms with Crippen molar-refractivity contribution in [3.63, 3.8) is 0 Å². The second-order valence-corrected chi connectivity index (χ2v) is 11.4. The summed E-state index contributed by atoms with van der Waals surface area (Å²) in [5, 5.41) is 9.23. The molecule has 1 aliphatic rings. The fourth-order valence-corrected chi connectivity index (χ4v) is 5.25. The molecule has 0 amide bonds. The first kappa shape index (κ1) is 35.9. The lowest BCUT2D eigenvalue weighted by Crippen LogP contribution is -2.63. The van der Waals surface area contributed by atoms with Crippen molar-refractivity contribution in [1.29, 1.82) is 0 Å². The third-order valence-corrected chi connectivity index (χ3v) is 7.82. The molecule has 0 saturated carbocycles. The molecule has 50 heavy (non-hydrogen) atoms. The van der Waals surface area contributed by atoms with E-state index < -0.39 is 61.2 Å². The molecule has 11 nitrogen and oxygen atoms in total. The second kappa shape index (κ2) is 18.4. The highest BCUT2D eigenvalue weighted by atomic mass is 16.7. The van der Waals surface area contributed by atoms with E-state index in [9.17, 15) is 24.3 Å². The van der Waals surface area contributed by atoms with Crippen LogP contribution >= 0.6 is 0 Å². The predicted molar refractivity (Wildman–Crippen MR) is 179 cm³/mol. The Morgan fingerprint density at radius 3 is 1.40 bits per heavy atom. The monoisotopic (exact) mass is 682 g/mol. The minimum Gasteiger partial charge on any atom is -0.459 e. The number of aliphatic hydroxyl groups excluding tert-OH is 1. The third kappa shape index (κ3) is 9.85. The van der Waals surface area contributed by atoms with Gasteiger partial charge in [-0.15, -0.1) is 0 Å². The van der Waals surface area contributed by atoms with Crippen molar-refractivity contribution in [1.82, 2.24) is 0 Å². The molecular weight excluding hydrogens is 644 g/mol. The molecule has 0 bridgehead atoms. The van der Waals surface area contributed by atoms with Crippen LogP contribution in [0.2, 0.25) is 0 Å². The van der Waals surface area contributed by atoms with Gasteiger partial charge in [-0.2, -0.15) is 0 Å². The van der Waals surface area contributed by atoms with Crippen molar-refractivity contribution in [3.8, 4) is 0 Å². The Kier molecular flexibility index (Phi) is 13.2. The van der Waals surface area contributed by atoms with Gasteiger partial charge in [0.25, 0.3) is 0 Å². The molecule has 1 aliphatic heterocycles. The van der Waals surface area contributed by atoms with Gasteiger partial charge in [-0.1, -0.05) is 72.8 Å². The molecular formula is C39H38O11. The Labute approximate surface area is 289 Å². The number of ether oxygens (including phenoxy) is 6. The van der Waals surface area contributed by atoms with E-state index in [-0.39, 0.29) is 35.5 Å². The van der Waals surface area contributed by atoms with Gasteiger partial charge in [-0.3, -0.25) is 0 Å². The van der Waals surface area contributed by atoms with Gasteiger partial charge in [0.2, 0.25) is 0 Å². The van der Waals surface area contributed by atoms with E-state index in [1.807, 2.05) is 0 Å². The van der Waals surface area contributed by atoms with Gasteiger partial charge in [0.15, 0.2) is 24.6 Å². The number of hydrogen-bond acceptors (Lipinski definition) is 11. The quantitative estimate of drug-likeness (QED) is 0.0975. The van der Waals surface area contributed by atoms with Gasteiger partial charge in [-0.25, -0.2) is 19.2 Å². The van der Waals surface area contributed by atoms with E-state index in [4.69, 9.17) is 28.4 Å². The lowest BCUT2D eigenvalue weighted by atomic mass is 9.97. The Bertz CT molecular complexity index is 1670. The molecule has 1 saturated heterocycles. The number of hydrogen-bond donors (Lipinski definition) is 1. The first-order valence-electron chi connectivity index (χ1n) is 16.3. The smallest absolute Gasteiger partial charge is 0.338 e. The minimum atomic E-state index is -1.49. The summed E-state index contributed by atoms with van der Waals surface area (Å²) in [5.74, 6) is -3.01. The van der Waals surface area contributed by atoms with Crippen LogP contribution in [0.4, 0.5) is 0 Å². The van der Waals surface area contributed by atoms with Crippen molar-refractivity contribution < 1.29 is 52.7 Å². The van der Waals surface area contributed by atoms with Crippen LogP contribution in [-0.4, -0.2) is 79.5 Å². The van der Waals surface area contributed by atoms with Gasteiger partial charge in [-0.05, 0) is 67.8 Å². The van der Waals surface area contributed by atoms with Gasteiger partial charge in [0, 0.05) is 13.2 Å². The summed E-state index contributed by atoms with van der Waals surface area (Å²) < 4.78 is 36.0. The van der Waals surface area contributed by atoms with Crippen molar-refractivity contribution in [2.75, 3.05) is 19.8 Å². The van der Waals surface area contributed by atoms with Gasteiger partial charge < -0.3 is 33.5 Å². The summed E-state index contributed by atoms with van der Waals surface area (Å²) in [7, 11) is 0. The van der Waals surface area contributed by atoms with Gasteiger partial charge in [0.05, 0.1) is 22.3 Å². The van der Waals surface area contributed by atoms with Crippen molar-refractivity contribution in [2.24, 2.45) is 0 Å². The normalized spacial score (nSPS) is 19.9. The Morgan fingerprint density at radius 2 is 0.940 bits per heavy atom. The molecule has 0 spiro atoms. The van der Waals surface area contributed by atoms with Crippen LogP contribution in [0.5, 0.6) is 0 Å². The lowest BCUT2D eigenvalue weighted by molar-refractivity contribution is -0.298. The van der Waals surface area contributed by atoms with Gasteiger partial charge in [0.1, 0.15) is 12.7 Å². The summed E-state index contributed by atoms with van der Waals surface area (Å²) in [6, 6.07) is 32.8. The summed E-state index contributed by atoms with van der Waals surface area (Å²) >= 11 is 0. The highest BCUT2D eigenvalue weighted by Gasteiger charge is 2.53. The second-order valence-electron chi connectivity index (χ2n) is 11.4. The number of benzene rings is 4. The van der Waals surface area contributed by atoms with Crippen LogP contribution in [0.1, 0.15) is 60.7 Å². The average molecular weight is 683 g/mol. The molecule has 4 aromatic carbocycles. The van der Waals surface area contributed by atoms with E-state index >= 15 is 0 Å². The highest BCUT2D eigenvalue weighted by Crippen LogP contribution is 2.32. The van der Waals surface area contributed by atoms with Crippen molar-refractivity contribution >= 4 is 23.9 Å². The maximum absolute atomic E-state index is 13.6. The number of rotatable bonds is 15. The molecule has 260 valence electrons. The Hall–Kier alpha value is -5.36. The van der Waals surface area contributed by atoms with Crippen LogP contribution < -0.4 is 0 Å². The first-order chi connectivity index (χ1) is 24.4. The first-order valence-corrected chi connectivity index (χ1v) is 16.3. The van der Waals surface area contributed by atoms with Crippen molar-refractivity contribution in [2.45, 2.75) is 50.0 Å². The van der Waals surface area contributed by atoms with Gasteiger partial charge >= 0.3 is 23.9 Å². The molecule has 0 aliphatic carbocycles. The summed E-state index contributed by atoms with van der Waals surface area (Å²) in [6.45, 7) is -0.309. The van der Waals surface area contributed by atoms with Crippen LogP contribution in [0, 0.1) is 0 Å². The molecule has 0 radical (unpaired) electrons. The Morgan fingerprint density at radius 1 is 0.520 bits per heavy atom. The number of carbonyl (C=O) groups excluding carboxylic acids is 4. The SMILES string of the molecule is O=C(OCC1O[C@H](OCCCCCO)C(OC(=O)c2ccccc2)[C@@H](OC(=O)c2ccccc2)[C@@H]1OC(=O)c1ccccc1)c1ccccc1. The molecule has 4 aromatic rings. The van der Waals surface area contributed by atoms with Crippen LogP contribution in [-0.2, 0) is 28.4 Å². The standard InChI is InChI=1S/C39H38O11/c40-24-14-5-15-25-45-39-34(50-38(44)30-22-12-4-13-23-30)33(49-37(43)29-20-10-3-11-21-29)32(48-36(42)28-18-8-2-9-19-28)31(47-39)26-46-35(41)27-16-6-1-7-17-27/h1-4,6-13,16-23,31-34,39-40H,5,14-15,24-26H2/t31?,32-,33+,34?,39+/m1/s1. The zero-order valence-corrected chi connectivity index (χ0v) is 27.2. The fourth-order valence-electron chi connectivity index (χ4n) is 5.25. The van der Waals surface area contributed by atoms with E-state index in [0.29, 0.717) is 19.3 Å². The topological polar surface area (TPSA) is 144 Å². The maximum Gasteiger partial charge on any atom is 0.338 e. The molecule has 11 heteroatoms. The molecule has 5 atom stereocenters. The van der Waals surface area contributed by atoms with Crippen molar-refractivity contribution in [3.05, 3.63) is 144 Å². The average Bonchev–Trinajstić information content (AvgIpc) is 3.17. The molecule has 1 heterocycles. The summed E-state index contributed by atoms with van der Waals surface area (Å²) in [4.78, 5) is 53.7. The number of unbranched alkanes of at least 4 members (excludes halogenated alkanes) is 2. The Balaban J connectivity index is 1.52. The van der Waals surface area contributed by atoms with Crippen LogP contribution in [0.25, 0.3) is 0 Å². The number of esters is 4. The fraction of sp³-hybridized carbons (Fsp3) is 0.282. The number of aliphatic hydroxyl groups is 1. The zero-order chi connectivity index (χ0) is 35.1. The third-order valence-electron chi connectivity index (χ3n) is 7.82. The highest BCUT2D eigenvalue weighted by molar-refractivity contribution is 5.91. The zero-order valence-electron chi connectivity index (χ0n) is 27.2. The lowest BCUT2D eigenvalue weighted by Gasteiger charge is -2.44. The van der Waals surface area contributed by atoms with E-state index in [1.54, 1.807) is 121 Å².